The second kappa shape index (κ2) is 8.06. The van der Waals surface area contributed by atoms with Crippen molar-refractivity contribution in [2.45, 2.75) is 26.6 Å². The Morgan fingerprint density at radius 1 is 1.07 bits per heavy atom. The number of para-hydroxylation sites is 1. The third-order valence-electron chi connectivity index (χ3n) is 4.12. The Hall–Kier alpha value is -2.80. The molecule has 0 fully saturated rings. The van der Waals surface area contributed by atoms with Gasteiger partial charge in [-0.05, 0) is 54.6 Å². The predicted molar refractivity (Wildman–Crippen MR) is 104 cm³/mol. The molecular formula is C21H18F3NO2S. The largest absolute Gasteiger partial charge is 0.488 e. The maximum Gasteiger partial charge on any atom is 0.416 e. The summed E-state index contributed by atoms with van der Waals surface area (Å²) in [6.07, 6.45) is -4.46. The quantitative estimate of drug-likeness (QED) is 0.548. The number of amides is 1. The van der Waals surface area contributed by atoms with Crippen LogP contribution in [0.4, 0.5) is 18.9 Å². The van der Waals surface area contributed by atoms with E-state index in [1.807, 2.05) is 32.0 Å². The van der Waals surface area contributed by atoms with E-state index >= 15 is 0 Å². The Morgan fingerprint density at radius 3 is 2.43 bits per heavy atom. The molecule has 0 aliphatic rings. The third kappa shape index (κ3) is 4.72. The van der Waals surface area contributed by atoms with Gasteiger partial charge in [0.1, 0.15) is 12.4 Å². The van der Waals surface area contributed by atoms with Gasteiger partial charge in [-0.3, -0.25) is 4.79 Å². The van der Waals surface area contributed by atoms with Gasteiger partial charge in [0.2, 0.25) is 0 Å². The zero-order valence-electron chi connectivity index (χ0n) is 15.3. The summed E-state index contributed by atoms with van der Waals surface area (Å²) in [5.74, 6) is 0.353. The van der Waals surface area contributed by atoms with Gasteiger partial charge in [-0.25, -0.2) is 0 Å². The number of aryl methyl sites for hydroxylation is 2. The van der Waals surface area contributed by atoms with Crippen molar-refractivity contribution >= 4 is 22.9 Å². The fraction of sp³-hybridized carbons (Fsp3) is 0.190. The minimum Gasteiger partial charge on any atom is -0.488 e. The van der Waals surface area contributed by atoms with Crippen LogP contribution in [0, 0.1) is 13.8 Å². The van der Waals surface area contributed by atoms with Crippen molar-refractivity contribution in [2.24, 2.45) is 0 Å². The van der Waals surface area contributed by atoms with Crippen molar-refractivity contribution in [3.63, 3.8) is 0 Å². The van der Waals surface area contributed by atoms with E-state index in [9.17, 15) is 18.0 Å². The molecule has 0 atom stereocenters. The van der Waals surface area contributed by atoms with E-state index in [0.717, 1.165) is 34.6 Å². The average molecular weight is 405 g/mol. The van der Waals surface area contributed by atoms with Crippen LogP contribution in [0.3, 0.4) is 0 Å². The fourth-order valence-electron chi connectivity index (χ4n) is 2.72. The standard InChI is InChI=1S/C21H18F3NO2S/c1-13-5-3-6-14(2)19(13)27-11-15-9-18(28-12-15)20(26)25-17-8-4-7-16(10-17)21(22,23)24/h3-10,12H,11H2,1-2H3,(H,25,26). The molecule has 3 rings (SSSR count). The van der Waals surface area contributed by atoms with Crippen LogP contribution in [0.5, 0.6) is 5.75 Å². The first kappa shape index (κ1) is 19.9. The van der Waals surface area contributed by atoms with Gasteiger partial charge in [0.15, 0.2) is 0 Å². The lowest BCUT2D eigenvalue weighted by molar-refractivity contribution is -0.137. The maximum absolute atomic E-state index is 12.8. The minimum atomic E-state index is -4.46. The van der Waals surface area contributed by atoms with Crippen LogP contribution in [0.1, 0.15) is 31.9 Å². The lowest BCUT2D eigenvalue weighted by Gasteiger charge is -2.11. The van der Waals surface area contributed by atoms with Gasteiger partial charge in [-0.15, -0.1) is 11.3 Å². The summed E-state index contributed by atoms with van der Waals surface area (Å²) < 4.78 is 44.2. The minimum absolute atomic E-state index is 0.0987. The van der Waals surface area contributed by atoms with Gasteiger partial charge in [0, 0.05) is 11.3 Å². The van der Waals surface area contributed by atoms with Crippen LogP contribution in [-0.4, -0.2) is 5.91 Å². The molecular weight excluding hydrogens is 387 g/mol. The number of rotatable bonds is 5. The lowest BCUT2D eigenvalue weighted by atomic mass is 10.1. The number of carbonyl (C=O) groups is 1. The molecule has 7 heteroatoms. The van der Waals surface area contributed by atoms with E-state index in [1.165, 1.54) is 23.5 Å². The normalized spacial score (nSPS) is 11.3. The van der Waals surface area contributed by atoms with Crippen LogP contribution in [0.2, 0.25) is 0 Å². The third-order valence-corrected chi connectivity index (χ3v) is 5.10. The summed E-state index contributed by atoms with van der Waals surface area (Å²) in [4.78, 5) is 12.7. The summed E-state index contributed by atoms with van der Waals surface area (Å²) in [6.45, 7) is 4.23. The number of halogens is 3. The highest BCUT2D eigenvalue weighted by Crippen LogP contribution is 2.31. The van der Waals surface area contributed by atoms with Crippen molar-refractivity contribution in [1.29, 1.82) is 0 Å². The summed E-state index contributed by atoms with van der Waals surface area (Å²) in [5, 5.41) is 4.31. The van der Waals surface area contributed by atoms with Gasteiger partial charge >= 0.3 is 6.18 Å². The molecule has 0 radical (unpaired) electrons. The predicted octanol–water partition coefficient (Wildman–Crippen LogP) is 6.22. The number of benzene rings is 2. The second-order valence-electron chi connectivity index (χ2n) is 6.36. The summed E-state index contributed by atoms with van der Waals surface area (Å²) in [5.41, 5.74) is 2.16. The molecule has 2 aromatic carbocycles. The van der Waals surface area contributed by atoms with Crippen LogP contribution in [0.15, 0.2) is 53.9 Å². The van der Waals surface area contributed by atoms with Gasteiger partial charge in [0.25, 0.3) is 5.91 Å². The molecule has 1 heterocycles. The summed E-state index contributed by atoms with van der Waals surface area (Å²) in [6, 6.07) is 12.1. The van der Waals surface area contributed by atoms with Crippen molar-refractivity contribution in [2.75, 3.05) is 5.32 Å². The van der Waals surface area contributed by atoms with E-state index in [0.29, 0.717) is 11.5 Å². The number of anilines is 1. The Labute approximate surface area is 164 Å². The number of thiophene rings is 1. The van der Waals surface area contributed by atoms with Crippen LogP contribution >= 0.6 is 11.3 Å². The molecule has 3 nitrogen and oxygen atoms in total. The molecule has 0 saturated heterocycles. The average Bonchev–Trinajstić information content (AvgIpc) is 3.10. The van der Waals surface area contributed by atoms with Crippen molar-refractivity contribution in [3.05, 3.63) is 81.0 Å². The van der Waals surface area contributed by atoms with E-state index < -0.39 is 17.6 Å². The number of hydrogen-bond donors (Lipinski definition) is 1. The first-order chi connectivity index (χ1) is 13.2. The van der Waals surface area contributed by atoms with E-state index in [4.69, 9.17) is 4.74 Å². The number of hydrogen-bond acceptors (Lipinski definition) is 3. The fourth-order valence-corrected chi connectivity index (χ4v) is 3.51. The monoisotopic (exact) mass is 405 g/mol. The second-order valence-corrected chi connectivity index (χ2v) is 7.27. The number of nitrogens with one attached hydrogen (secondary N) is 1. The number of carbonyl (C=O) groups excluding carboxylic acids is 1. The highest BCUT2D eigenvalue weighted by Gasteiger charge is 2.30. The van der Waals surface area contributed by atoms with Crippen molar-refractivity contribution < 1.29 is 22.7 Å². The van der Waals surface area contributed by atoms with Crippen LogP contribution in [0.25, 0.3) is 0 Å². The Morgan fingerprint density at radius 2 is 1.75 bits per heavy atom. The van der Waals surface area contributed by atoms with Crippen molar-refractivity contribution in [3.8, 4) is 5.75 Å². The molecule has 1 aromatic heterocycles. The highest BCUT2D eigenvalue weighted by atomic mass is 32.1. The van der Waals surface area contributed by atoms with Crippen molar-refractivity contribution in [1.82, 2.24) is 0 Å². The topological polar surface area (TPSA) is 38.3 Å². The zero-order valence-corrected chi connectivity index (χ0v) is 16.1. The van der Waals surface area contributed by atoms with E-state index in [-0.39, 0.29) is 5.69 Å². The van der Waals surface area contributed by atoms with Gasteiger partial charge in [0.05, 0.1) is 10.4 Å². The smallest absolute Gasteiger partial charge is 0.416 e. The van der Waals surface area contributed by atoms with Gasteiger partial charge in [-0.2, -0.15) is 13.2 Å². The molecule has 1 amide bonds. The molecule has 0 unspecified atom stereocenters. The van der Waals surface area contributed by atoms with E-state index in [1.54, 1.807) is 11.4 Å². The van der Waals surface area contributed by atoms with Gasteiger partial charge < -0.3 is 10.1 Å². The van der Waals surface area contributed by atoms with E-state index in [2.05, 4.69) is 5.32 Å². The number of ether oxygens (including phenoxy) is 1. The maximum atomic E-state index is 12.8. The zero-order chi connectivity index (χ0) is 20.3. The molecule has 1 N–H and O–H groups in total. The number of alkyl halides is 3. The lowest BCUT2D eigenvalue weighted by Crippen LogP contribution is -2.12. The molecule has 0 saturated carbocycles. The van der Waals surface area contributed by atoms with Gasteiger partial charge in [-0.1, -0.05) is 24.3 Å². The summed E-state index contributed by atoms with van der Waals surface area (Å²) in [7, 11) is 0. The first-order valence-electron chi connectivity index (χ1n) is 8.49. The molecule has 28 heavy (non-hydrogen) atoms. The first-order valence-corrected chi connectivity index (χ1v) is 9.37. The van der Waals surface area contributed by atoms with Crippen LogP contribution < -0.4 is 10.1 Å². The Bertz CT molecular complexity index is 975. The molecule has 0 aliphatic carbocycles. The highest BCUT2D eigenvalue weighted by molar-refractivity contribution is 7.12. The summed E-state index contributed by atoms with van der Waals surface area (Å²) >= 11 is 1.22. The molecule has 3 aromatic rings. The Kier molecular flexibility index (Phi) is 5.74. The molecule has 0 spiro atoms. The SMILES string of the molecule is Cc1cccc(C)c1OCc1csc(C(=O)Nc2cccc(C(F)(F)F)c2)c1. The van der Waals surface area contributed by atoms with Crippen LogP contribution in [-0.2, 0) is 12.8 Å². The molecule has 146 valence electrons. The Balaban J connectivity index is 1.66. The molecule has 0 bridgehead atoms. The molecule has 0 aliphatic heterocycles.